The molecule has 7 heteroatoms. The van der Waals surface area contributed by atoms with E-state index in [2.05, 4.69) is 10.1 Å². The Kier molecular flexibility index (Phi) is 5.59. The molecule has 0 saturated carbocycles. The summed E-state index contributed by atoms with van der Waals surface area (Å²) in [4.78, 5) is 18.9. The van der Waals surface area contributed by atoms with E-state index in [4.69, 9.17) is 27.7 Å². The van der Waals surface area contributed by atoms with Gasteiger partial charge in [-0.15, -0.1) is 0 Å². The molecule has 3 aromatic rings. The molecule has 1 heterocycles. The zero-order chi connectivity index (χ0) is 18.7. The fourth-order valence-corrected chi connectivity index (χ4v) is 2.84. The first-order valence-corrected chi connectivity index (χ1v) is 8.85. The first-order chi connectivity index (χ1) is 12.5. The molecule has 0 atom stereocenters. The van der Waals surface area contributed by atoms with E-state index in [1.54, 1.807) is 23.1 Å². The van der Waals surface area contributed by atoms with Crippen LogP contribution in [0.15, 0.2) is 53.1 Å². The molecule has 26 heavy (non-hydrogen) atoms. The van der Waals surface area contributed by atoms with Crippen molar-refractivity contribution in [2.75, 3.05) is 0 Å². The van der Waals surface area contributed by atoms with E-state index in [1.807, 2.05) is 44.2 Å². The monoisotopic (exact) mass is 389 g/mol. The van der Waals surface area contributed by atoms with Crippen molar-refractivity contribution in [1.82, 2.24) is 15.0 Å². The van der Waals surface area contributed by atoms with E-state index in [9.17, 15) is 4.79 Å². The molecule has 1 aromatic heterocycles. The summed E-state index contributed by atoms with van der Waals surface area (Å²) in [6.45, 7) is 3.99. The van der Waals surface area contributed by atoms with Crippen LogP contribution in [-0.4, -0.2) is 27.0 Å². The number of amides is 1. The topological polar surface area (TPSA) is 59.2 Å². The fourth-order valence-electron chi connectivity index (χ4n) is 2.47. The van der Waals surface area contributed by atoms with Gasteiger partial charge in [-0.2, -0.15) is 4.98 Å². The summed E-state index contributed by atoms with van der Waals surface area (Å²) >= 11 is 12.2. The molecule has 0 aliphatic carbocycles. The minimum absolute atomic E-state index is 0.0929. The third-order valence-corrected chi connectivity index (χ3v) is 4.41. The van der Waals surface area contributed by atoms with Gasteiger partial charge < -0.3 is 9.42 Å². The highest BCUT2D eigenvalue weighted by atomic mass is 35.5. The summed E-state index contributed by atoms with van der Waals surface area (Å²) in [6.07, 6.45) is 0. The maximum absolute atomic E-state index is 12.9. The molecule has 0 spiro atoms. The Balaban J connectivity index is 1.84. The summed E-state index contributed by atoms with van der Waals surface area (Å²) in [6, 6.07) is 14.2. The summed E-state index contributed by atoms with van der Waals surface area (Å²) in [5.74, 6) is 0.591. The lowest BCUT2D eigenvalue weighted by Gasteiger charge is -2.25. The van der Waals surface area contributed by atoms with Crippen LogP contribution in [0.5, 0.6) is 0 Å². The predicted molar refractivity (Wildman–Crippen MR) is 101 cm³/mol. The maximum Gasteiger partial charge on any atom is 0.256 e. The van der Waals surface area contributed by atoms with Gasteiger partial charge in [0.1, 0.15) is 6.54 Å². The van der Waals surface area contributed by atoms with E-state index in [0.29, 0.717) is 27.3 Å². The average Bonchev–Trinajstić information content (AvgIpc) is 3.10. The van der Waals surface area contributed by atoms with Crippen LogP contribution in [0, 0.1) is 0 Å². The van der Waals surface area contributed by atoms with Gasteiger partial charge in [0.25, 0.3) is 5.91 Å². The van der Waals surface area contributed by atoms with Crippen LogP contribution in [0.1, 0.15) is 30.1 Å². The lowest BCUT2D eigenvalue weighted by atomic mass is 10.1. The van der Waals surface area contributed by atoms with Gasteiger partial charge in [0.15, 0.2) is 0 Å². The lowest BCUT2D eigenvalue weighted by Crippen LogP contribution is -2.36. The van der Waals surface area contributed by atoms with Crippen molar-refractivity contribution in [3.05, 3.63) is 70.0 Å². The SMILES string of the molecule is CC(C)N(Cc1nc(-c2ccccc2)no1)C(=O)c1cc(Cl)ccc1Cl. The van der Waals surface area contributed by atoms with Crippen LogP contribution < -0.4 is 0 Å². The molecule has 2 aromatic carbocycles. The largest absolute Gasteiger partial charge is 0.337 e. The lowest BCUT2D eigenvalue weighted by molar-refractivity contribution is 0.0667. The maximum atomic E-state index is 12.9. The fraction of sp³-hybridized carbons (Fsp3) is 0.211. The first kappa shape index (κ1) is 18.4. The van der Waals surface area contributed by atoms with Gasteiger partial charge in [0.2, 0.25) is 11.7 Å². The summed E-state index contributed by atoms with van der Waals surface area (Å²) < 4.78 is 5.33. The highest BCUT2D eigenvalue weighted by Gasteiger charge is 2.24. The Bertz CT molecular complexity index is 910. The van der Waals surface area contributed by atoms with E-state index < -0.39 is 0 Å². The molecule has 5 nitrogen and oxygen atoms in total. The second-order valence-electron chi connectivity index (χ2n) is 6.03. The number of hydrogen-bond donors (Lipinski definition) is 0. The predicted octanol–water partition coefficient (Wildman–Crippen LogP) is 5.09. The van der Waals surface area contributed by atoms with Gasteiger partial charge >= 0.3 is 0 Å². The second kappa shape index (κ2) is 7.89. The molecule has 0 aliphatic rings. The average molecular weight is 390 g/mol. The normalized spacial score (nSPS) is 11.0. The molecule has 0 bridgehead atoms. The molecule has 0 N–H and O–H groups in total. The molecule has 0 saturated heterocycles. The van der Waals surface area contributed by atoms with Crippen LogP contribution in [0.3, 0.4) is 0 Å². The third-order valence-electron chi connectivity index (χ3n) is 3.85. The number of aromatic nitrogens is 2. The van der Waals surface area contributed by atoms with E-state index in [1.165, 1.54) is 0 Å². The van der Waals surface area contributed by atoms with Crippen molar-refractivity contribution < 1.29 is 9.32 Å². The molecule has 134 valence electrons. The van der Waals surface area contributed by atoms with Crippen molar-refractivity contribution in [1.29, 1.82) is 0 Å². The highest BCUT2D eigenvalue weighted by Crippen LogP contribution is 2.24. The molecular weight excluding hydrogens is 373 g/mol. The Morgan fingerprint density at radius 3 is 2.58 bits per heavy atom. The van der Waals surface area contributed by atoms with E-state index in [0.717, 1.165) is 5.56 Å². The summed E-state index contributed by atoms with van der Waals surface area (Å²) in [5.41, 5.74) is 1.19. The quantitative estimate of drug-likeness (QED) is 0.609. The zero-order valence-electron chi connectivity index (χ0n) is 14.3. The first-order valence-electron chi connectivity index (χ1n) is 8.09. The van der Waals surface area contributed by atoms with Crippen LogP contribution in [-0.2, 0) is 6.54 Å². The number of carbonyl (C=O) groups is 1. The zero-order valence-corrected chi connectivity index (χ0v) is 15.8. The van der Waals surface area contributed by atoms with Gasteiger partial charge in [-0.3, -0.25) is 4.79 Å². The second-order valence-corrected chi connectivity index (χ2v) is 6.87. The van der Waals surface area contributed by atoms with Gasteiger partial charge in [0, 0.05) is 16.6 Å². The molecule has 0 unspecified atom stereocenters. The van der Waals surface area contributed by atoms with Crippen LogP contribution in [0.4, 0.5) is 0 Å². The number of carbonyl (C=O) groups excluding carboxylic acids is 1. The molecule has 0 aliphatic heterocycles. The smallest absolute Gasteiger partial charge is 0.256 e. The Hall–Kier alpha value is -2.37. The minimum atomic E-state index is -0.244. The van der Waals surface area contributed by atoms with Crippen molar-refractivity contribution in [2.24, 2.45) is 0 Å². The van der Waals surface area contributed by atoms with E-state index >= 15 is 0 Å². The minimum Gasteiger partial charge on any atom is -0.337 e. The third kappa shape index (κ3) is 4.06. The molecule has 3 rings (SSSR count). The Morgan fingerprint density at radius 1 is 1.15 bits per heavy atom. The van der Waals surface area contributed by atoms with Crippen LogP contribution in [0.25, 0.3) is 11.4 Å². The molecule has 0 fully saturated rings. The van der Waals surface area contributed by atoms with Gasteiger partial charge in [0.05, 0.1) is 10.6 Å². The number of hydrogen-bond acceptors (Lipinski definition) is 4. The molecule has 1 amide bonds. The van der Waals surface area contributed by atoms with Crippen molar-refractivity contribution in [2.45, 2.75) is 26.4 Å². The molecule has 0 radical (unpaired) electrons. The van der Waals surface area contributed by atoms with Crippen molar-refractivity contribution in [3.63, 3.8) is 0 Å². The van der Waals surface area contributed by atoms with Gasteiger partial charge in [-0.1, -0.05) is 58.7 Å². The van der Waals surface area contributed by atoms with E-state index in [-0.39, 0.29) is 18.5 Å². The number of rotatable bonds is 5. The summed E-state index contributed by atoms with van der Waals surface area (Å²) in [7, 11) is 0. The number of benzene rings is 2. The van der Waals surface area contributed by atoms with Crippen LogP contribution >= 0.6 is 23.2 Å². The highest BCUT2D eigenvalue weighted by molar-refractivity contribution is 6.35. The standard InChI is InChI=1S/C19H17Cl2N3O2/c1-12(2)24(19(25)15-10-14(20)8-9-16(15)21)11-17-22-18(23-26-17)13-6-4-3-5-7-13/h3-10,12H,11H2,1-2H3. The Morgan fingerprint density at radius 2 is 1.88 bits per heavy atom. The summed E-state index contributed by atoms with van der Waals surface area (Å²) in [5, 5.41) is 4.79. The van der Waals surface area contributed by atoms with Gasteiger partial charge in [-0.05, 0) is 32.0 Å². The van der Waals surface area contributed by atoms with Gasteiger partial charge in [-0.25, -0.2) is 0 Å². The van der Waals surface area contributed by atoms with Crippen molar-refractivity contribution in [3.8, 4) is 11.4 Å². The van der Waals surface area contributed by atoms with Crippen molar-refractivity contribution >= 4 is 29.1 Å². The Labute approximate surface area is 161 Å². The molecular formula is C19H17Cl2N3O2. The number of halogens is 2. The number of nitrogens with zero attached hydrogens (tertiary/aromatic N) is 3. The van der Waals surface area contributed by atoms with Crippen LogP contribution in [0.2, 0.25) is 10.0 Å².